The van der Waals surface area contributed by atoms with Crippen LogP contribution in [0, 0.1) is 12.3 Å². The summed E-state index contributed by atoms with van der Waals surface area (Å²) < 4.78 is 5.61. The monoisotopic (exact) mass is 354 g/mol. The fourth-order valence-corrected chi connectivity index (χ4v) is 4.43. The number of thiophene rings is 1. The van der Waals surface area contributed by atoms with Gasteiger partial charge in [0.15, 0.2) is 0 Å². The minimum Gasteiger partial charge on any atom is -0.424 e. The fourth-order valence-electron chi connectivity index (χ4n) is 3.77. The molecule has 1 spiro atoms. The highest BCUT2D eigenvalue weighted by molar-refractivity contribution is 7.07. The molecule has 4 rings (SSSR count). The molecule has 2 aromatic heterocycles. The number of nitrogens with one attached hydrogen (secondary N) is 1. The van der Waals surface area contributed by atoms with Crippen LogP contribution in [-0.2, 0) is 13.1 Å². The van der Waals surface area contributed by atoms with Gasteiger partial charge in [0.2, 0.25) is 11.8 Å². The van der Waals surface area contributed by atoms with Crippen molar-refractivity contribution >= 4 is 23.7 Å². The molecule has 0 radical (unpaired) electrons. The SMILES string of the molecule is Cc1nnc(CN(Cc2ccsc2)C2CC23CCNCC3)o1.Cl. The number of rotatable bonds is 5. The molecule has 2 fully saturated rings. The third-order valence-corrected chi connectivity index (χ3v) is 5.79. The molecule has 1 saturated carbocycles. The Morgan fingerprint density at radius 1 is 1.35 bits per heavy atom. The molecular weight excluding hydrogens is 332 g/mol. The van der Waals surface area contributed by atoms with Crippen molar-refractivity contribution in [2.75, 3.05) is 13.1 Å². The molecule has 1 saturated heterocycles. The van der Waals surface area contributed by atoms with Gasteiger partial charge in [-0.05, 0) is 60.2 Å². The molecular formula is C16H23ClN4OS. The number of hydrogen-bond acceptors (Lipinski definition) is 6. The van der Waals surface area contributed by atoms with Crippen molar-refractivity contribution < 1.29 is 4.42 Å². The predicted octanol–water partition coefficient (Wildman–Crippen LogP) is 3.01. The van der Waals surface area contributed by atoms with Crippen LogP contribution < -0.4 is 5.32 Å². The summed E-state index contributed by atoms with van der Waals surface area (Å²) in [7, 11) is 0. The first-order valence-corrected chi connectivity index (χ1v) is 8.94. The molecule has 1 aliphatic heterocycles. The zero-order chi connectivity index (χ0) is 15.0. The Balaban J connectivity index is 0.00000156. The summed E-state index contributed by atoms with van der Waals surface area (Å²) in [5, 5.41) is 16.0. The standard InChI is InChI=1S/C16H22N4OS.ClH/c1-12-18-19-15(21-12)10-20(9-13-2-7-22-11-13)14-8-16(14)3-5-17-6-4-16;/h2,7,11,14,17H,3-6,8-10H2,1H3;1H. The largest absolute Gasteiger partial charge is 0.424 e. The summed E-state index contributed by atoms with van der Waals surface area (Å²) in [5.41, 5.74) is 1.91. The van der Waals surface area contributed by atoms with Gasteiger partial charge in [-0.3, -0.25) is 4.90 Å². The minimum absolute atomic E-state index is 0. The average Bonchev–Trinajstić information content (AvgIpc) is 2.90. The number of halogens is 1. The molecule has 2 aliphatic rings. The summed E-state index contributed by atoms with van der Waals surface area (Å²) in [4.78, 5) is 2.54. The van der Waals surface area contributed by atoms with Gasteiger partial charge in [0.05, 0.1) is 6.54 Å². The van der Waals surface area contributed by atoms with Crippen LogP contribution >= 0.6 is 23.7 Å². The average molecular weight is 355 g/mol. The van der Waals surface area contributed by atoms with Crippen LogP contribution in [0.5, 0.6) is 0 Å². The first kappa shape index (κ1) is 16.9. The number of aromatic nitrogens is 2. The number of hydrogen-bond donors (Lipinski definition) is 1. The van der Waals surface area contributed by atoms with Crippen LogP contribution in [0.15, 0.2) is 21.2 Å². The molecule has 0 aromatic carbocycles. The van der Waals surface area contributed by atoms with Gasteiger partial charge in [-0.25, -0.2) is 0 Å². The maximum atomic E-state index is 5.61. The Hall–Kier alpha value is -0.950. The Morgan fingerprint density at radius 3 is 2.83 bits per heavy atom. The number of nitrogens with zero attached hydrogens (tertiary/aromatic N) is 3. The minimum atomic E-state index is 0. The van der Waals surface area contributed by atoms with Gasteiger partial charge in [-0.2, -0.15) is 11.3 Å². The van der Waals surface area contributed by atoms with Crippen molar-refractivity contribution in [3.8, 4) is 0 Å². The first-order chi connectivity index (χ1) is 10.8. The van der Waals surface area contributed by atoms with Gasteiger partial charge in [-0.15, -0.1) is 22.6 Å². The summed E-state index contributed by atoms with van der Waals surface area (Å²) in [6.07, 6.45) is 3.90. The molecule has 1 N–H and O–H groups in total. The second-order valence-corrected chi connectivity index (χ2v) is 7.36. The van der Waals surface area contributed by atoms with E-state index in [9.17, 15) is 0 Å². The molecule has 2 aromatic rings. The van der Waals surface area contributed by atoms with Crippen LogP contribution in [0.2, 0.25) is 0 Å². The lowest BCUT2D eigenvalue weighted by atomic mass is 9.93. The van der Waals surface area contributed by atoms with E-state index in [-0.39, 0.29) is 12.4 Å². The van der Waals surface area contributed by atoms with Gasteiger partial charge in [0, 0.05) is 19.5 Å². The van der Waals surface area contributed by atoms with Crippen molar-refractivity contribution in [1.82, 2.24) is 20.4 Å². The Kier molecular flexibility index (Phi) is 5.06. The Labute approximate surface area is 146 Å². The summed E-state index contributed by atoms with van der Waals surface area (Å²) in [6, 6.07) is 2.87. The third-order valence-electron chi connectivity index (χ3n) is 5.06. The van der Waals surface area contributed by atoms with E-state index in [1.54, 1.807) is 11.3 Å². The van der Waals surface area contributed by atoms with E-state index in [1.807, 2.05) is 6.92 Å². The van der Waals surface area contributed by atoms with Crippen molar-refractivity contribution in [2.45, 2.75) is 45.3 Å². The zero-order valence-electron chi connectivity index (χ0n) is 13.3. The number of piperidine rings is 1. The lowest BCUT2D eigenvalue weighted by molar-refractivity contribution is 0.173. The van der Waals surface area contributed by atoms with Crippen molar-refractivity contribution in [2.24, 2.45) is 5.41 Å². The van der Waals surface area contributed by atoms with E-state index in [1.165, 1.54) is 24.8 Å². The van der Waals surface area contributed by atoms with E-state index < -0.39 is 0 Å². The van der Waals surface area contributed by atoms with Crippen LogP contribution in [0.25, 0.3) is 0 Å². The van der Waals surface area contributed by atoms with Gasteiger partial charge >= 0.3 is 0 Å². The second-order valence-electron chi connectivity index (χ2n) is 6.58. The predicted molar refractivity (Wildman–Crippen MR) is 92.8 cm³/mol. The fraction of sp³-hybridized carbons (Fsp3) is 0.625. The van der Waals surface area contributed by atoms with Gasteiger partial charge in [0.25, 0.3) is 0 Å². The smallest absolute Gasteiger partial charge is 0.230 e. The first-order valence-electron chi connectivity index (χ1n) is 8.00. The van der Waals surface area contributed by atoms with Crippen LogP contribution in [0.4, 0.5) is 0 Å². The van der Waals surface area contributed by atoms with Crippen molar-refractivity contribution in [1.29, 1.82) is 0 Å². The van der Waals surface area contributed by atoms with Crippen LogP contribution in [0.1, 0.15) is 36.6 Å². The topological polar surface area (TPSA) is 54.2 Å². The molecule has 1 atom stereocenters. The van der Waals surface area contributed by atoms with Crippen LogP contribution in [-0.4, -0.2) is 34.2 Å². The van der Waals surface area contributed by atoms with Gasteiger partial charge < -0.3 is 9.73 Å². The van der Waals surface area contributed by atoms with E-state index in [0.29, 0.717) is 17.3 Å². The zero-order valence-corrected chi connectivity index (χ0v) is 15.0. The van der Waals surface area contributed by atoms with E-state index in [0.717, 1.165) is 32.1 Å². The molecule has 5 nitrogen and oxygen atoms in total. The maximum Gasteiger partial charge on any atom is 0.230 e. The van der Waals surface area contributed by atoms with Gasteiger partial charge in [-0.1, -0.05) is 0 Å². The summed E-state index contributed by atoms with van der Waals surface area (Å²) in [5.74, 6) is 1.39. The Morgan fingerprint density at radius 2 is 2.17 bits per heavy atom. The molecule has 7 heteroatoms. The molecule has 1 unspecified atom stereocenters. The highest BCUT2D eigenvalue weighted by atomic mass is 35.5. The van der Waals surface area contributed by atoms with E-state index in [4.69, 9.17) is 4.42 Å². The quantitative estimate of drug-likeness (QED) is 0.894. The Bertz CT molecular complexity index is 624. The van der Waals surface area contributed by atoms with Crippen molar-refractivity contribution in [3.05, 3.63) is 34.2 Å². The van der Waals surface area contributed by atoms with E-state index in [2.05, 4.69) is 37.2 Å². The third kappa shape index (κ3) is 3.60. The highest BCUT2D eigenvalue weighted by Gasteiger charge is 2.56. The van der Waals surface area contributed by atoms with E-state index >= 15 is 0 Å². The maximum absolute atomic E-state index is 5.61. The summed E-state index contributed by atoms with van der Waals surface area (Å²) in [6.45, 7) is 5.90. The molecule has 23 heavy (non-hydrogen) atoms. The molecule has 0 bridgehead atoms. The normalized spacial score (nSPS) is 22.3. The molecule has 3 heterocycles. The number of aryl methyl sites for hydroxylation is 1. The van der Waals surface area contributed by atoms with Crippen molar-refractivity contribution in [3.63, 3.8) is 0 Å². The molecule has 1 aliphatic carbocycles. The second kappa shape index (κ2) is 6.89. The lowest BCUT2D eigenvalue weighted by Gasteiger charge is -2.28. The molecule has 0 amide bonds. The lowest BCUT2D eigenvalue weighted by Crippen LogP contribution is -2.35. The summed E-state index contributed by atoms with van der Waals surface area (Å²) >= 11 is 1.76. The van der Waals surface area contributed by atoms with Crippen LogP contribution in [0.3, 0.4) is 0 Å². The highest BCUT2D eigenvalue weighted by Crippen LogP contribution is 2.56. The van der Waals surface area contributed by atoms with Gasteiger partial charge in [0.1, 0.15) is 0 Å². The molecule has 126 valence electrons.